The second-order valence-electron chi connectivity index (χ2n) is 5.54. The Hall–Kier alpha value is -2.15. The molecule has 0 atom stereocenters. The number of hydrogen-bond donors (Lipinski definition) is 2. The SMILES string of the molecule is CCNC(=NCc1c(OC)cc(OC)cc1OC)NCCCCOCC. The number of benzene rings is 1. The molecule has 0 radical (unpaired) electrons. The third-order valence-electron chi connectivity index (χ3n) is 3.77. The Bertz CT molecular complexity index is 525. The number of methoxy groups -OCH3 is 3. The molecule has 148 valence electrons. The molecular formula is C19H33N3O4. The fourth-order valence-corrected chi connectivity index (χ4v) is 2.41. The summed E-state index contributed by atoms with van der Waals surface area (Å²) in [5, 5.41) is 6.60. The summed E-state index contributed by atoms with van der Waals surface area (Å²) in [4.78, 5) is 4.65. The quantitative estimate of drug-likeness (QED) is 0.336. The Morgan fingerprint density at radius 1 is 0.962 bits per heavy atom. The number of guanidine groups is 1. The molecule has 0 aromatic heterocycles. The van der Waals surface area contributed by atoms with Crippen LogP contribution < -0.4 is 24.8 Å². The van der Waals surface area contributed by atoms with E-state index in [1.165, 1.54) is 0 Å². The Labute approximate surface area is 157 Å². The van der Waals surface area contributed by atoms with Crippen LogP contribution in [0.5, 0.6) is 17.2 Å². The first-order valence-electron chi connectivity index (χ1n) is 9.08. The van der Waals surface area contributed by atoms with Crippen LogP contribution in [0.3, 0.4) is 0 Å². The van der Waals surface area contributed by atoms with Crippen LogP contribution in [0, 0.1) is 0 Å². The molecular weight excluding hydrogens is 334 g/mol. The highest BCUT2D eigenvalue weighted by Gasteiger charge is 2.13. The number of ether oxygens (including phenoxy) is 4. The number of nitrogens with one attached hydrogen (secondary N) is 2. The van der Waals surface area contributed by atoms with Gasteiger partial charge in [0.1, 0.15) is 17.2 Å². The predicted molar refractivity (Wildman–Crippen MR) is 105 cm³/mol. The van der Waals surface area contributed by atoms with Crippen molar-refractivity contribution >= 4 is 5.96 Å². The Kier molecular flexibility index (Phi) is 11.0. The van der Waals surface area contributed by atoms with Gasteiger partial charge in [0.05, 0.1) is 33.4 Å². The zero-order valence-electron chi connectivity index (χ0n) is 16.7. The van der Waals surface area contributed by atoms with Gasteiger partial charge in [-0.25, -0.2) is 4.99 Å². The van der Waals surface area contributed by atoms with Crippen LogP contribution in [-0.4, -0.2) is 53.6 Å². The molecule has 0 fully saturated rings. The first-order valence-corrected chi connectivity index (χ1v) is 9.08. The standard InChI is InChI=1S/C19H33N3O4/c1-6-20-19(21-10-8-9-11-26-7-2)22-14-16-17(24-4)12-15(23-3)13-18(16)25-5/h12-13H,6-11,14H2,1-5H3,(H2,20,21,22). The molecule has 7 nitrogen and oxygen atoms in total. The minimum absolute atomic E-state index is 0.435. The maximum absolute atomic E-state index is 5.47. The average molecular weight is 367 g/mol. The van der Waals surface area contributed by atoms with Crippen LogP contribution in [0.1, 0.15) is 32.3 Å². The van der Waals surface area contributed by atoms with Crippen LogP contribution in [-0.2, 0) is 11.3 Å². The van der Waals surface area contributed by atoms with Crippen molar-refractivity contribution in [2.24, 2.45) is 4.99 Å². The highest BCUT2D eigenvalue weighted by molar-refractivity contribution is 5.79. The fourth-order valence-electron chi connectivity index (χ4n) is 2.41. The molecule has 0 aliphatic carbocycles. The molecule has 2 N–H and O–H groups in total. The first-order chi connectivity index (χ1) is 12.7. The van der Waals surface area contributed by atoms with E-state index in [-0.39, 0.29) is 0 Å². The minimum atomic E-state index is 0.435. The molecule has 0 saturated heterocycles. The van der Waals surface area contributed by atoms with Gasteiger partial charge < -0.3 is 29.6 Å². The van der Waals surface area contributed by atoms with E-state index in [9.17, 15) is 0 Å². The topological polar surface area (TPSA) is 73.3 Å². The number of aliphatic imine (C=N–C) groups is 1. The van der Waals surface area contributed by atoms with Crippen molar-refractivity contribution in [1.82, 2.24) is 10.6 Å². The number of rotatable bonds is 12. The maximum Gasteiger partial charge on any atom is 0.191 e. The summed E-state index contributed by atoms with van der Waals surface area (Å²) in [7, 11) is 4.87. The van der Waals surface area contributed by atoms with Gasteiger partial charge in [-0.15, -0.1) is 0 Å². The van der Waals surface area contributed by atoms with Crippen molar-refractivity contribution < 1.29 is 18.9 Å². The van der Waals surface area contributed by atoms with Gasteiger partial charge in [-0.2, -0.15) is 0 Å². The van der Waals surface area contributed by atoms with E-state index in [1.54, 1.807) is 21.3 Å². The van der Waals surface area contributed by atoms with Gasteiger partial charge >= 0.3 is 0 Å². The molecule has 0 aliphatic rings. The van der Waals surface area contributed by atoms with Gasteiger partial charge in [-0.1, -0.05) is 0 Å². The zero-order valence-corrected chi connectivity index (χ0v) is 16.7. The normalized spacial score (nSPS) is 11.2. The molecule has 0 saturated carbocycles. The molecule has 1 rings (SSSR count). The fraction of sp³-hybridized carbons (Fsp3) is 0.632. The highest BCUT2D eigenvalue weighted by Crippen LogP contribution is 2.34. The Morgan fingerprint density at radius 2 is 1.65 bits per heavy atom. The molecule has 0 bridgehead atoms. The summed E-state index contributed by atoms with van der Waals surface area (Å²) in [6.45, 7) is 7.69. The summed E-state index contributed by atoms with van der Waals surface area (Å²) < 4.78 is 21.6. The largest absolute Gasteiger partial charge is 0.496 e. The smallest absolute Gasteiger partial charge is 0.191 e. The lowest BCUT2D eigenvalue weighted by molar-refractivity contribution is 0.143. The number of unbranched alkanes of at least 4 members (excludes halogenated alkanes) is 1. The lowest BCUT2D eigenvalue weighted by Gasteiger charge is -2.15. The summed E-state index contributed by atoms with van der Waals surface area (Å²) >= 11 is 0. The van der Waals surface area contributed by atoms with Gasteiger partial charge in [0.25, 0.3) is 0 Å². The Balaban J connectivity index is 2.76. The van der Waals surface area contributed by atoms with Crippen LogP contribution in [0.15, 0.2) is 17.1 Å². The average Bonchev–Trinajstić information content (AvgIpc) is 2.67. The summed E-state index contributed by atoms with van der Waals surface area (Å²) in [5.74, 6) is 2.84. The summed E-state index contributed by atoms with van der Waals surface area (Å²) in [6.07, 6.45) is 2.06. The summed E-state index contributed by atoms with van der Waals surface area (Å²) in [5.41, 5.74) is 0.879. The van der Waals surface area contributed by atoms with E-state index in [2.05, 4.69) is 15.6 Å². The van der Waals surface area contributed by atoms with E-state index < -0.39 is 0 Å². The van der Waals surface area contributed by atoms with Crippen molar-refractivity contribution in [3.05, 3.63) is 17.7 Å². The van der Waals surface area contributed by atoms with Crippen molar-refractivity contribution in [1.29, 1.82) is 0 Å². The van der Waals surface area contributed by atoms with E-state index in [0.29, 0.717) is 23.8 Å². The van der Waals surface area contributed by atoms with E-state index >= 15 is 0 Å². The monoisotopic (exact) mass is 367 g/mol. The molecule has 0 heterocycles. The lowest BCUT2D eigenvalue weighted by Crippen LogP contribution is -2.37. The van der Waals surface area contributed by atoms with Crippen LogP contribution >= 0.6 is 0 Å². The van der Waals surface area contributed by atoms with Gasteiger partial charge in [-0.3, -0.25) is 0 Å². The molecule has 7 heteroatoms. The van der Waals surface area contributed by atoms with Crippen LogP contribution in [0.2, 0.25) is 0 Å². The number of nitrogens with zero attached hydrogens (tertiary/aromatic N) is 1. The third kappa shape index (κ3) is 7.39. The lowest BCUT2D eigenvalue weighted by atomic mass is 10.1. The van der Waals surface area contributed by atoms with E-state index in [0.717, 1.165) is 50.7 Å². The number of hydrogen-bond acceptors (Lipinski definition) is 5. The van der Waals surface area contributed by atoms with Crippen molar-refractivity contribution in [3.63, 3.8) is 0 Å². The Morgan fingerprint density at radius 3 is 2.19 bits per heavy atom. The predicted octanol–water partition coefficient (Wildman–Crippen LogP) is 2.58. The minimum Gasteiger partial charge on any atom is -0.496 e. The van der Waals surface area contributed by atoms with Crippen molar-refractivity contribution in [3.8, 4) is 17.2 Å². The molecule has 0 unspecified atom stereocenters. The first kappa shape index (κ1) is 21.9. The van der Waals surface area contributed by atoms with Gasteiger partial charge in [-0.05, 0) is 26.7 Å². The third-order valence-corrected chi connectivity index (χ3v) is 3.77. The summed E-state index contributed by atoms with van der Waals surface area (Å²) in [6, 6.07) is 3.67. The van der Waals surface area contributed by atoms with Gasteiger partial charge in [0, 0.05) is 38.4 Å². The van der Waals surface area contributed by atoms with E-state index in [1.807, 2.05) is 26.0 Å². The van der Waals surface area contributed by atoms with E-state index in [4.69, 9.17) is 18.9 Å². The molecule has 1 aromatic carbocycles. The zero-order chi connectivity index (χ0) is 19.2. The molecule has 0 amide bonds. The molecule has 26 heavy (non-hydrogen) atoms. The molecule has 0 aliphatic heterocycles. The van der Waals surface area contributed by atoms with Crippen molar-refractivity contribution in [2.75, 3.05) is 47.6 Å². The van der Waals surface area contributed by atoms with Crippen molar-refractivity contribution in [2.45, 2.75) is 33.2 Å². The van der Waals surface area contributed by atoms with Gasteiger partial charge in [0.2, 0.25) is 0 Å². The second kappa shape index (κ2) is 13.1. The van der Waals surface area contributed by atoms with Crippen LogP contribution in [0.25, 0.3) is 0 Å². The maximum atomic E-state index is 5.47. The molecule has 0 spiro atoms. The van der Waals surface area contributed by atoms with Crippen LogP contribution in [0.4, 0.5) is 0 Å². The highest BCUT2D eigenvalue weighted by atomic mass is 16.5. The second-order valence-corrected chi connectivity index (χ2v) is 5.54. The molecule has 1 aromatic rings. The van der Waals surface area contributed by atoms with Gasteiger partial charge in [0.15, 0.2) is 5.96 Å².